The predicted molar refractivity (Wildman–Crippen MR) is 52.5 cm³/mol. The molecule has 12 heavy (non-hydrogen) atoms. The molecule has 0 unspecified atom stereocenters. The van der Waals surface area contributed by atoms with Crippen molar-refractivity contribution < 1.29 is 12.3 Å². The Kier molecular flexibility index (Phi) is 3.05. The van der Waals surface area contributed by atoms with E-state index in [0.717, 1.165) is 9.99 Å². The lowest BCUT2D eigenvalue weighted by atomic mass is 10.2. The van der Waals surface area contributed by atoms with Crippen molar-refractivity contribution in [2.45, 2.75) is 9.32 Å². The molecule has 0 aliphatic rings. The van der Waals surface area contributed by atoms with Crippen molar-refractivity contribution in [1.82, 2.24) is 0 Å². The summed E-state index contributed by atoms with van der Waals surface area (Å²) in [6, 6.07) is 5.73. The Balaban J connectivity index is 3.09. The number of hydrogen-bond acceptors (Lipinski definition) is 2. The summed E-state index contributed by atoms with van der Waals surface area (Å²) in [6.07, 6.45) is 0. The van der Waals surface area contributed by atoms with Crippen molar-refractivity contribution in [1.29, 1.82) is 0 Å². The highest BCUT2D eigenvalue weighted by atomic mass is 127. The lowest BCUT2D eigenvalue weighted by Gasteiger charge is -1.96. The van der Waals surface area contributed by atoms with E-state index in [4.69, 9.17) is 0 Å². The van der Waals surface area contributed by atoms with Gasteiger partial charge in [0.2, 0.25) is 0 Å². The molecule has 0 amide bonds. The Labute approximate surface area is 84.1 Å². The maximum atomic E-state index is 12.3. The van der Waals surface area contributed by atoms with Gasteiger partial charge in [0, 0.05) is 4.43 Å². The molecule has 0 heterocycles. The van der Waals surface area contributed by atoms with E-state index in [1.165, 1.54) is 12.1 Å². The van der Waals surface area contributed by atoms with Crippen LogP contribution in [0.2, 0.25) is 0 Å². The van der Waals surface area contributed by atoms with Crippen LogP contribution < -0.4 is 0 Å². The summed E-state index contributed by atoms with van der Waals surface area (Å²) in [5.41, 5.74) is 0.975. The Morgan fingerprint density at radius 3 is 2.08 bits per heavy atom. The van der Waals surface area contributed by atoms with Gasteiger partial charge in [-0.05, 0) is 17.7 Å². The average molecular weight is 300 g/mol. The van der Waals surface area contributed by atoms with Crippen molar-refractivity contribution in [3.05, 3.63) is 29.8 Å². The molecular weight excluding hydrogens is 294 g/mol. The maximum absolute atomic E-state index is 12.3. The Morgan fingerprint density at radius 2 is 1.75 bits per heavy atom. The topological polar surface area (TPSA) is 34.1 Å². The third kappa shape index (κ3) is 2.41. The van der Waals surface area contributed by atoms with Gasteiger partial charge >= 0.3 is 10.2 Å². The van der Waals surface area contributed by atoms with Crippen LogP contribution in [0.5, 0.6) is 0 Å². The summed E-state index contributed by atoms with van der Waals surface area (Å²) in [7, 11) is -4.53. The standard InChI is InChI=1S/C7H6FIO2S/c8-12(10,11)7-3-1-6(5-9)2-4-7/h1-4H,5H2. The molecule has 0 aliphatic carbocycles. The van der Waals surface area contributed by atoms with Crippen LogP contribution in [0.25, 0.3) is 0 Å². The van der Waals surface area contributed by atoms with Gasteiger partial charge in [-0.25, -0.2) is 0 Å². The molecule has 0 spiro atoms. The molecular formula is C7H6FIO2S. The molecule has 0 radical (unpaired) electrons. The fourth-order valence-electron chi connectivity index (χ4n) is 0.741. The molecule has 0 saturated carbocycles. The second-order valence-corrected chi connectivity index (χ2v) is 4.33. The van der Waals surface area contributed by atoms with Crippen molar-refractivity contribution in [2.75, 3.05) is 0 Å². The molecule has 1 rings (SSSR count). The zero-order valence-electron chi connectivity index (χ0n) is 6.00. The van der Waals surface area contributed by atoms with E-state index in [2.05, 4.69) is 22.6 Å². The third-order valence-corrected chi connectivity index (χ3v) is 3.08. The lowest BCUT2D eigenvalue weighted by Crippen LogP contribution is -1.91. The molecule has 1 aromatic rings. The molecule has 66 valence electrons. The van der Waals surface area contributed by atoms with Crippen LogP contribution >= 0.6 is 22.6 Å². The zero-order chi connectivity index (χ0) is 9.19. The predicted octanol–water partition coefficient (Wildman–Crippen LogP) is 2.28. The molecule has 0 bridgehead atoms. The summed E-state index contributed by atoms with van der Waals surface area (Å²) < 4.78 is 33.8. The number of benzene rings is 1. The van der Waals surface area contributed by atoms with Crippen LogP contribution in [0, 0.1) is 0 Å². The summed E-state index contributed by atoms with van der Waals surface area (Å²) in [5, 5.41) is 0. The van der Waals surface area contributed by atoms with Crippen molar-refractivity contribution in [3.8, 4) is 0 Å². The van der Waals surface area contributed by atoms with Crippen molar-refractivity contribution in [2.24, 2.45) is 0 Å². The Hall–Kier alpha value is -0.170. The summed E-state index contributed by atoms with van der Waals surface area (Å²) >= 11 is 2.14. The van der Waals surface area contributed by atoms with E-state index < -0.39 is 10.2 Å². The van der Waals surface area contributed by atoms with Gasteiger partial charge in [-0.15, -0.1) is 3.89 Å². The third-order valence-electron chi connectivity index (χ3n) is 1.36. The number of rotatable bonds is 2. The van der Waals surface area contributed by atoms with Gasteiger partial charge in [0.25, 0.3) is 0 Å². The van der Waals surface area contributed by atoms with Crippen LogP contribution in [0.3, 0.4) is 0 Å². The normalized spacial score (nSPS) is 11.5. The molecule has 0 aromatic heterocycles. The van der Waals surface area contributed by atoms with E-state index in [9.17, 15) is 12.3 Å². The van der Waals surface area contributed by atoms with Gasteiger partial charge in [0.15, 0.2) is 0 Å². The van der Waals surface area contributed by atoms with Crippen LogP contribution in [0.15, 0.2) is 29.2 Å². The molecule has 0 aliphatic heterocycles. The lowest BCUT2D eigenvalue weighted by molar-refractivity contribution is 0.552. The van der Waals surface area contributed by atoms with E-state index in [-0.39, 0.29) is 4.90 Å². The first-order valence-electron chi connectivity index (χ1n) is 3.13. The molecule has 0 saturated heterocycles. The van der Waals surface area contributed by atoms with Crippen LogP contribution in [0.1, 0.15) is 5.56 Å². The number of hydrogen-bond donors (Lipinski definition) is 0. The number of alkyl halides is 1. The molecule has 1 aromatic carbocycles. The molecule has 0 N–H and O–H groups in total. The fraction of sp³-hybridized carbons (Fsp3) is 0.143. The highest BCUT2D eigenvalue weighted by Gasteiger charge is 2.10. The first-order chi connectivity index (χ1) is 5.54. The average Bonchev–Trinajstić information content (AvgIpc) is 2.03. The van der Waals surface area contributed by atoms with E-state index >= 15 is 0 Å². The minimum atomic E-state index is -4.53. The SMILES string of the molecule is O=S(=O)(F)c1ccc(CI)cc1. The van der Waals surface area contributed by atoms with Crippen molar-refractivity contribution >= 4 is 32.8 Å². The van der Waals surface area contributed by atoms with Gasteiger partial charge in [-0.3, -0.25) is 0 Å². The molecule has 2 nitrogen and oxygen atoms in total. The summed E-state index contributed by atoms with van der Waals surface area (Å²) in [6.45, 7) is 0. The van der Waals surface area contributed by atoms with Crippen molar-refractivity contribution in [3.63, 3.8) is 0 Å². The van der Waals surface area contributed by atoms with Crippen LogP contribution in [-0.2, 0) is 14.7 Å². The fourth-order valence-corrected chi connectivity index (χ4v) is 1.71. The van der Waals surface area contributed by atoms with Gasteiger partial charge in [-0.2, -0.15) is 8.42 Å². The maximum Gasteiger partial charge on any atom is 0.332 e. The quantitative estimate of drug-likeness (QED) is 0.477. The second-order valence-electron chi connectivity index (χ2n) is 2.22. The van der Waals surface area contributed by atoms with Gasteiger partial charge < -0.3 is 0 Å². The monoisotopic (exact) mass is 300 g/mol. The second kappa shape index (κ2) is 3.69. The largest absolute Gasteiger partial charge is 0.332 e. The Morgan fingerprint density at radius 1 is 1.25 bits per heavy atom. The van der Waals surface area contributed by atoms with Gasteiger partial charge in [0.1, 0.15) is 0 Å². The minimum Gasteiger partial charge on any atom is -0.189 e. The first-order valence-corrected chi connectivity index (χ1v) is 6.04. The number of halogens is 2. The molecule has 5 heteroatoms. The van der Waals surface area contributed by atoms with Crippen LogP contribution in [-0.4, -0.2) is 8.42 Å². The zero-order valence-corrected chi connectivity index (χ0v) is 8.97. The smallest absolute Gasteiger partial charge is 0.189 e. The summed E-state index contributed by atoms with van der Waals surface area (Å²) in [4.78, 5) is -0.281. The van der Waals surface area contributed by atoms with E-state index in [0.29, 0.717) is 0 Å². The highest BCUT2D eigenvalue weighted by Crippen LogP contribution is 2.14. The molecule has 0 atom stereocenters. The highest BCUT2D eigenvalue weighted by molar-refractivity contribution is 14.1. The van der Waals surface area contributed by atoms with Gasteiger partial charge in [-0.1, -0.05) is 34.7 Å². The van der Waals surface area contributed by atoms with E-state index in [1.54, 1.807) is 12.1 Å². The summed E-state index contributed by atoms with van der Waals surface area (Å²) in [5.74, 6) is 0. The van der Waals surface area contributed by atoms with Crippen LogP contribution in [0.4, 0.5) is 3.89 Å². The molecule has 0 fully saturated rings. The van der Waals surface area contributed by atoms with Gasteiger partial charge in [0.05, 0.1) is 4.90 Å². The van der Waals surface area contributed by atoms with E-state index in [1.807, 2.05) is 0 Å². The first kappa shape index (κ1) is 9.91. The minimum absolute atomic E-state index is 0.281. The Bertz CT molecular complexity index is 357.